The van der Waals surface area contributed by atoms with Crippen LogP contribution in [0.15, 0.2) is 47.5 Å². The van der Waals surface area contributed by atoms with Crippen molar-refractivity contribution in [2.45, 2.75) is 11.4 Å². The number of anilines is 1. The maximum absolute atomic E-state index is 11.0. The molecule has 0 amide bonds. The molecule has 2 aromatic rings. The number of aromatic amines is 1. The van der Waals surface area contributed by atoms with Gasteiger partial charge in [0, 0.05) is 17.6 Å². The predicted octanol–water partition coefficient (Wildman–Crippen LogP) is 1.27. The molecular formula is C11H13N3O2S. The highest BCUT2D eigenvalue weighted by Crippen LogP contribution is 2.13. The molecule has 0 aliphatic rings. The first-order chi connectivity index (χ1) is 8.05. The molecule has 1 aromatic carbocycles. The van der Waals surface area contributed by atoms with Crippen molar-refractivity contribution in [3.63, 3.8) is 0 Å². The largest absolute Gasteiger partial charge is 0.379 e. The standard InChI is InChI=1S/C11H13N3O2S/c12-17(15,16)11-5-3-9(4-6-11)14-8-10-2-1-7-13-10/h1-7,13-14H,8H2,(H2,12,15,16). The van der Waals surface area contributed by atoms with Gasteiger partial charge in [-0.15, -0.1) is 0 Å². The van der Waals surface area contributed by atoms with E-state index < -0.39 is 10.0 Å². The number of benzene rings is 1. The highest BCUT2D eigenvalue weighted by atomic mass is 32.2. The summed E-state index contributed by atoms with van der Waals surface area (Å²) in [7, 11) is -3.61. The van der Waals surface area contributed by atoms with Gasteiger partial charge in [0.05, 0.1) is 11.4 Å². The smallest absolute Gasteiger partial charge is 0.238 e. The Bertz CT molecular complexity index is 574. The van der Waals surface area contributed by atoms with Gasteiger partial charge in [-0.1, -0.05) is 0 Å². The van der Waals surface area contributed by atoms with Gasteiger partial charge in [-0.25, -0.2) is 13.6 Å². The molecule has 2 rings (SSSR count). The van der Waals surface area contributed by atoms with Gasteiger partial charge in [-0.2, -0.15) is 0 Å². The summed E-state index contributed by atoms with van der Waals surface area (Å²) in [6, 6.07) is 10.2. The molecule has 0 atom stereocenters. The Morgan fingerprint density at radius 2 is 1.88 bits per heavy atom. The monoisotopic (exact) mass is 251 g/mol. The van der Waals surface area contributed by atoms with E-state index in [0.29, 0.717) is 6.54 Å². The van der Waals surface area contributed by atoms with Crippen LogP contribution in [0.1, 0.15) is 5.69 Å². The van der Waals surface area contributed by atoms with E-state index in [9.17, 15) is 8.42 Å². The lowest BCUT2D eigenvalue weighted by Crippen LogP contribution is -2.12. The molecule has 1 heterocycles. The minimum Gasteiger partial charge on any atom is -0.379 e. The fraction of sp³-hybridized carbons (Fsp3) is 0.0909. The number of nitrogens with two attached hydrogens (primary N) is 1. The van der Waals surface area contributed by atoms with Crippen molar-refractivity contribution in [3.05, 3.63) is 48.3 Å². The Morgan fingerprint density at radius 3 is 2.41 bits per heavy atom. The molecule has 1 aromatic heterocycles. The maximum Gasteiger partial charge on any atom is 0.238 e. The number of rotatable bonds is 4. The van der Waals surface area contributed by atoms with Gasteiger partial charge >= 0.3 is 0 Å². The van der Waals surface area contributed by atoms with Crippen LogP contribution in [0.2, 0.25) is 0 Å². The number of nitrogens with one attached hydrogen (secondary N) is 2. The van der Waals surface area contributed by atoms with Gasteiger partial charge in [-0.05, 0) is 36.4 Å². The quantitative estimate of drug-likeness (QED) is 0.764. The van der Waals surface area contributed by atoms with Crippen LogP contribution >= 0.6 is 0 Å². The summed E-state index contributed by atoms with van der Waals surface area (Å²) in [5.74, 6) is 0. The van der Waals surface area contributed by atoms with Gasteiger partial charge in [0.25, 0.3) is 0 Å². The molecule has 0 aliphatic heterocycles. The topological polar surface area (TPSA) is 88.0 Å². The van der Waals surface area contributed by atoms with E-state index in [1.165, 1.54) is 12.1 Å². The van der Waals surface area contributed by atoms with E-state index in [1.54, 1.807) is 12.1 Å². The zero-order valence-corrected chi connectivity index (χ0v) is 9.87. The first kappa shape index (κ1) is 11.7. The molecule has 0 saturated carbocycles. The summed E-state index contributed by atoms with van der Waals surface area (Å²) < 4.78 is 22.1. The van der Waals surface area contributed by atoms with Crippen molar-refractivity contribution in [1.82, 2.24) is 4.98 Å². The van der Waals surface area contributed by atoms with Crippen molar-refractivity contribution in [3.8, 4) is 0 Å². The summed E-state index contributed by atoms with van der Waals surface area (Å²) in [6.45, 7) is 0.654. The van der Waals surface area contributed by atoms with Crippen molar-refractivity contribution in [2.24, 2.45) is 5.14 Å². The van der Waals surface area contributed by atoms with Gasteiger partial charge in [0.1, 0.15) is 0 Å². The van der Waals surface area contributed by atoms with Gasteiger partial charge in [-0.3, -0.25) is 0 Å². The number of aromatic nitrogens is 1. The van der Waals surface area contributed by atoms with Crippen molar-refractivity contribution >= 4 is 15.7 Å². The number of H-pyrrole nitrogens is 1. The number of primary sulfonamides is 1. The molecule has 0 spiro atoms. The molecular weight excluding hydrogens is 238 g/mol. The summed E-state index contributed by atoms with van der Waals surface area (Å²) in [5.41, 5.74) is 1.90. The Balaban J connectivity index is 2.04. The molecule has 0 unspecified atom stereocenters. The lowest BCUT2D eigenvalue weighted by molar-refractivity contribution is 0.598. The van der Waals surface area contributed by atoms with Crippen molar-refractivity contribution in [1.29, 1.82) is 0 Å². The van der Waals surface area contributed by atoms with Crippen molar-refractivity contribution in [2.75, 3.05) is 5.32 Å². The third-order valence-corrected chi connectivity index (χ3v) is 3.26. The third-order valence-electron chi connectivity index (χ3n) is 2.33. The van der Waals surface area contributed by atoms with E-state index in [1.807, 2.05) is 18.3 Å². The second kappa shape index (κ2) is 4.60. The van der Waals surface area contributed by atoms with E-state index in [2.05, 4.69) is 10.3 Å². The fourth-order valence-electron chi connectivity index (χ4n) is 1.44. The summed E-state index contributed by atoms with van der Waals surface area (Å²) in [6.07, 6.45) is 1.85. The Hall–Kier alpha value is -1.79. The van der Waals surface area contributed by atoms with Gasteiger partial charge in [0.2, 0.25) is 10.0 Å². The zero-order chi connectivity index (χ0) is 12.3. The minimum atomic E-state index is -3.61. The van der Waals surface area contributed by atoms with Crippen LogP contribution in [0, 0.1) is 0 Å². The maximum atomic E-state index is 11.0. The zero-order valence-electron chi connectivity index (χ0n) is 9.05. The predicted molar refractivity (Wildman–Crippen MR) is 65.9 cm³/mol. The molecule has 0 fully saturated rings. The number of hydrogen-bond donors (Lipinski definition) is 3. The van der Waals surface area contributed by atoms with Crippen LogP contribution < -0.4 is 10.5 Å². The van der Waals surface area contributed by atoms with Crippen LogP contribution in [0.3, 0.4) is 0 Å². The second-order valence-corrected chi connectivity index (χ2v) is 5.18. The second-order valence-electron chi connectivity index (χ2n) is 3.62. The molecule has 5 nitrogen and oxygen atoms in total. The molecule has 4 N–H and O–H groups in total. The first-order valence-corrected chi connectivity index (χ1v) is 6.59. The normalized spacial score (nSPS) is 11.4. The van der Waals surface area contributed by atoms with Crippen LogP contribution in [0.25, 0.3) is 0 Å². The average molecular weight is 251 g/mol. The summed E-state index contributed by atoms with van der Waals surface area (Å²) in [4.78, 5) is 3.18. The minimum absolute atomic E-state index is 0.114. The molecule has 0 aliphatic carbocycles. The lowest BCUT2D eigenvalue weighted by atomic mass is 10.3. The first-order valence-electron chi connectivity index (χ1n) is 5.05. The Kier molecular flexibility index (Phi) is 3.16. The summed E-state index contributed by atoms with van der Waals surface area (Å²) in [5, 5.41) is 8.16. The SMILES string of the molecule is NS(=O)(=O)c1ccc(NCc2ccc[nH]2)cc1. The molecule has 0 radical (unpaired) electrons. The van der Waals surface area contributed by atoms with Crippen LogP contribution in [-0.4, -0.2) is 13.4 Å². The van der Waals surface area contributed by atoms with E-state index in [-0.39, 0.29) is 4.90 Å². The highest BCUT2D eigenvalue weighted by molar-refractivity contribution is 7.89. The van der Waals surface area contributed by atoms with Crippen molar-refractivity contribution < 1.29 is 8.42 Å². The Morgan fingerprint density at radius 1 is 1.18 bits per heavy atom. The molecule has 6 heteroatoms. The van der Waals surface area contributed by atoms with Crippen LogP contribution in [-0.2, 0) is 16.6 Å². The third kappa shape index (κ3) is 3.08. The van der Waals surface area contributed by atoms with E-state index in [0.717, 1.165) is 11.4 Å². The molecule has 0 saturated heterocycles. The van der Waals surface area contributed by atoms with E-state index >= 15 is 0 Å². The Labute approximate surface area is 99.7 Å². The van der Waals surface area contributed by atoms with Gasteiger partial charge in [0.15, 0.2) is 0 Å². The average Bonchev–Trinajstić information content (AvgIpc) is 2.78. The molecule has 90 valence electrons. The number of sulfonamides is 1. The highest BCUT2D eigenvalue weighted by Gasteiger charge is 2.06. The summed E-state index contributed by atoms with van der Waals surface area (Å²) >= 11 is 0. The fourth-order valence-corrected chi connectivity index (χ4v) is 1.95. The van der Waals surface area contributed by atoms with Crippen LogP contribution in [0.4, 0.5) is 5.69 Å². The lowest BCUT2D eigenvalue weighted by Gasteiger charge is -2.05. The molecule has 0 bridgehead atoms. The molecule has 17 heavy (non-hydrogen) atoms. The van der Waals surface area contributed by atoms with E-state index in [4.69, 9.17) is 5.14 Å². The number of hydrogen-bond acceptors (Lipinski definition) is 3. The van der Waals surface area contributed by atoms with Gasteiger partial charge < -0.3 is 10.3 Å². The van der Waals surface area contributed by atoms with Crippen LogP contribution in [0.5, 0.6) is 0 Å².